The van der Waals surface area contributed by atoms with Crippen LogP contribution in [0.3, 0.4) is 0 Å². The Hall–Kier alpha value is -0.970. The van der Waals surface area contributed by atoms with Crippen LogP contribution in [0, 0.1) is 16.3 Å². The highest BCUT2D eigenvalue weighted by atomic mass is 127. The Bertz CT molecular complexity index is 497. The molecule has 0 N–H and O–H groups in total. The Morgan fingerprint density at radius 3 is 2.67 bits per heavy atom. The van der Waals surface area contributed by atoms with Crippen molar-refractivity contribution in [2.24, 2.45) is 0 Å². The zero-order valence-electron chi connectivity index (χ0n) is 8.17. The van der Waals surface area contributed by atoms with Gasteiger partial charge in [-0.3, -0.25) is 4.98 Å². The zero-order valence-corrected chi connectivity index (χ0v) is 10.3. The molecule has 2 aromatic rings. The standard InChI is InChI=1S/C12H9FIN/c1-8-6-12(15-7-11(8)14)9-4-2-3-5-10(9)13/h2-7H,1H3. The van der Waals surface area contributed by atoms with E-state index >= 15 is 0 Å². The van der Waals surface area contributed by atoms with Gasteiger partial charge in [-0.25, -0.2) is 4.39 Å². The molecule has 0 saturated heterocycles. The van der Waals surface area contributed by atoms with Crippen molar-refractivity contribution >= 4 is 22.6 Å². The predicted octanol–water partition coefficient (Wildman–Crippen LogP) is 3.80. The lowest BCUT2D eigenvalue weighted by molar-refractivity contribution is 0.630. The van der Waals surface area contributed by atoms with Crippen LogP contribution in [0.1, 0.15) is 5.56 Å². The van der Waals surface area contributed by atoms with Crippen LogP contribution >= 0.6 is 22.6 Å². The fourth-order valence-corrected chi connectivity index (χ4v) is 1.65. The number of aryl methyl sites for hydroxylation is 1. The van der Waals surface area contributed by atoms with E-state index in [0.717, 1.165) is 9.13 Å². The molecule has 0 aliphatic carbocycles. The van der Waals surface area contributed by atoms with E-state index in [9.17, 15) is 4.39 Å². The molecule has 0 radical (unpaired) electrons. The summed E-state index contributed by atoms with van der Waals surface area (Å²) in [5, 5.41) is 0. The van der Waals surface area contributed by atoms with Crippen molar-refractivity contribution in [1.82, 2.24) is 4.98 Å². The predicted molar refractivity (Wildman–Crippen MR) is 67.1 cm³/mol. The van der Waals surface area contributed by atoms with E-state index < -0.39 is 0 Å². The van der Waals surface area contributed by atoms with Crippen molar-refractivity contribution < 1.29 is 4.39 Å². The molecule has 15 heavy (non-hydrogen) atoms. The Labute approximate surface area is 102 Å². The van der Waals surface area contributed by atoms with Crippen molar-refractivity contribution in [3.63, 3.8) is 0 Å². The molecule has 1 aromatic heterocycles. The quantitative estimate of drug-likeness (QED) is 0.730. The summed E-state index contributed by atoms with van der Waals surface area (Å²) in [6.07, 6.45) is 1.76. The van der Waals surface area contributed by atoms with Gasteiger partial charge < -0.3 is 0 Å². The lowest BCUT2D eigenvalue weighted by Crippen LogP contribution is -1.90. The molecule has 76 valence electrons. The summed E-state index contributed by atoms with van der Waals surface area (Å²) >= 11 is 2.21. The van der Waals surface area contributed by atoms with Crippen LogP contribution in [-0.2, 0) is 0 Å². The molecule has 0 atom stereocenters. The molecule has 0 bridgehead atoms. The minimum atomic E-state index is -0.231. The first-order chi connectivity index (χ1) is 7.18. The highest BCUT2D eigenvalue weighted by Gasteiger charge is 2.06. The van der Waals surface area contributed by atoms with Crippen LogP contribution in [0.5, 0.6) is 0 Å². The van der Waals surface area contributed by atoms with Gasteiger partial charge in [-0.15, -0.1) is 0 Å². The molecule has 1 nitrogen and oxygen atoms in total. The van der Waals surface area contributed by atoms with Crippen molar-refractivity contribution in [2.45, 2.75) is 6.92 Å². The molecule has 2 rings (SSSR count). The fourth-order valence-electron chi connectivity index (χ4n) is 1.36. The molecule has 3 heteroatoms. The summed E-state index contributed by atoms with van der Waals surface area (Å²) in [6, 6.07) is 8.58. The highest BCUT2D eigenvalue weighted by Crippen LogP contribution is 2.22. The second-order valence-electron chi connectivity index (χ2n) is 3.30. The van der Waals surface area contributed by atoms with Gasteiger partial charge in [-0.1, -0.05) is 12.1 Å². The number of pyridine rings is 1. The lowest BCUT2D eigenvalue weighted by atomic mass is 10.1. The molecule has 1 aromatic carbocycles. The molecule has 0 amide bonds. The first-order valence-corrected chi connectivity index (χ1v) is 5.63. The smallest absolute Gasteiger partial charge is 0.132 e. The molecule has 0 unspecified atom stereocenters. The Morgan fingerprint density at radius 2 is 2.00 bits per heavy atom. The summed E-state index contributed by atoms with van der Waals surface area (Å²) < 4.78 is 14.6. The molecule has 1 heterocycles. The molecule has 0 aliphatic heterocycles. The zero-order chi connectivity index (χ0) is 10.8. The number of halogens is 2. The van der Waals surface area contributed by atoms with Crippen molar-refractivity contribution in [3.05, 3.63) is 51.5 Å². The summed E-state index contributed by atoms with van der Waals surface area (Å²) in [6.45, 7) is 1.99. The molecule has 0 spiro atoms. The maximum atomic E-state index is 13.5. The van der Waals surface area contributed by atoms with Gasteiger partial charge >= 0.3 is 0 Å². The minimum Gasteiger partial charge on any atom is -0.255 e. The highest BCUT2D eigenvalue weighted by molar-refractivity contribution is 14.1. The second kappa shape index (κ2) is 4.26. The Morgan fingerprint density at radius 1 is 1.27 bits per heavy atom. The largest absolute Gasteiger partial charge is 0.255 e. The van der Waals surface area contributed by atoms with E-state index in [2.05, 4.69) is 27.6 Å². The number of hydrogen-bond donors (Lipinski definition) is 0. The van der Waals surface area contributed by atoms with Gasteiger partial charge in [0.25, 0.3) is 0 Å². The lowest BCUT2D eigenvalue weighted by Gasteiger charge is -2.04. The third-order valence-corrected chi connectivity index (χ3v) is 3.33. The van der Waals surface area contributed by atoms with Gasteiger partial charge in [0.15, 0.2) is 0 Å². The normalized spacial score (nSPS) is 10.3. The van der Waals surface area contributed by atoms with Gasteiger partial charge in [0, 0.05) is 15.3 Å². The van der Waals surface area contributed by atoms with E-state index in [4.69, 9.17) is 0 Å². The van der Waals surface area contributed by atoms with Gasteiger partial charge in [-0.05, 0) is 53.3 Å². The molecule has 0 saturated carbocycles. The first-order valence-electron chi connectivity index (χ1n) is 4.55. The van der Waals surface area contributed by atoms with E-state index in [0.29, 0.717) is 11.3 Å². The van der Waals surface area contributed by atoms with E-state index in [1.807, 2.05) is 19.1 Å². The topological polar surface area (TPSA) is 12.9 Å². The Balaban J connectivity index is 2.55. The fraction of sp³-hybridized carbons (Fsp3) is 0.0833. The maximum absolute atomic E-state index is 13.5. The second-order valence-corrected chi connectivity index (χ2v) is 4.46. The number of benzene rings is 1. The van der Waals surface area contributed by atoms with E-state index in [1.165, 1.54) is 6.07 Å². The number of aromatic nitrogens is 1. The molecular formula is C12H9FIN. The van der Waals surface area contributed by atoms with E-state index in [1.54, 1.807) is 18.3 Å². The summed E-state index contributed by atoms with van der Waals surface area (Å²) in [4.78, 5) is 4.22. The Kier molecular flexibility index (Phi) is 3.00. The van der Waals surface area contributed by atoms with Crippen molar-refractivity contribution in [3.8, 4) is 11.3 Å². The third kappa shape index (κ3) is 2.17. The molecule has 0 aliphatic rings. The van der Waals surface area contributed by atoms with Gasteiger partial charge in [-0.2, -0.15) is 0 Å². The van der Waals surface area contributed by atoms with Gasteiger partial charge in [0.1, 0.15) is 5.82 Å². The SMILES string of the molecule is Cc1cc(-c2ccccc2F)ncc1I. The van der Waals surface area contributed by atoms with Crippen LogP contribution < -0.4 is 0 Å². The summed E-state index contributed by atoms with van der Waals surface area (Å²) in [7, 11) is 0. The molecule has 0 fully saturated rings. The van der Waals surface area contributed by atoms with Gasteiger partial charge in [0.05, 0.1) is 5.69 Å². The average Bonchev–Trinajstić information content (AvgIpc) is 2.23. The number of hydrogen-bond acceptors (Lipinski definition) is 1. The third-order valence-electron chi connectivity index (χ3n) is 2.20. The summed E-state index contributed by atoms with van der Waals surface area (Å²) in [5.74, 6) is -0.231. The number of nitrogens with zero attached hydrogens (tertiary/aromatic N) is 1. The van der Waals surface area contributed by atoms with Gasteiger partial charge in [0.2, 0.25) is 0 Å². The minimum absolute atomic E-state index is 0.231. The van der Waals surface area contributed by atoms with Crippen LogP contribution in [0.2, 0.25) is 0 Å². The van der Waals surface area contributed by atoms with Crippen LogP contribution in [-0.4, -0.2) is 4.98 Å². The number of rotatable bonds is 1. The average molecular weight is 313 g/mol. The van der Waals surface area contributed by atoms with Crippen LogP contribution in [0.4, 0.5) is 4.39 Å². The monoisotopic (exact) mass is 313 g/mol. The maximum Gasteiger partial charge on any atom is 0.132 e. The van der Waals surface area contributed by atoms with E-state index in [-0.39, 0.29) is 5.82 Å². The molecular weight excluding hydrogens is 304 g/mol. The first kappa shape index (κ1) is 10.5. The van der Waals surface area contributed by atoms with Crippen LogP contribution in [0.25, 0.3) is 11.3 Å². The van der Waals surface area contributed by atoms with Crippen molar-refractivity contribution in [2.75, 3.05) is 0 Å². The van der Waals surface area contributed by atoms with Crippen molar-refractivity contribution in [1.29, 1.82) is 0 Å². The van der Waals surface area contributed by atoms with Crippen LogP contribution in [0.15, 0.2) is 36.5 Å². The summed E-state index contributed by atoms with van der Waals surface area (Å²) in [5.41, 5.74) is 2.35.